The zero-order valence-electron chi connectivity index (χ0n) is 12.7. The molecule has 0 saturated carbocycles. The van der Waals surface area contributed by atoms with Gasteiger partial charge >= 0.3 is 0 Å². The van der Waals surface area contributed by atoms with E-state index in [4.69, 9.17) is 4.42 Å². The van der Waals surface area contributed by atoms with Crippen molar-refractivity contribution < 1.29 is 4.42 Å². The van der Waals surface area contributed by atoms with Crippen LogP contribution in [0.1, 0.15) is 16.9 Å². The summed E-state index contributed by atoms with van der Waals surface area (Å²) in [6, 6.07) is 22.9. The summed E-state index contributed by atoms with van der Waals surface area (Å²) in [5, 5.41) is 2.04. The van der Waals surface area contributed by atoms with Crippen LogP contribution in [-0.2, 0) is 19.3 Å². The molecule has 1 aliphatic heterocycles. The normalized spacial score (nSPS) is 13.0. The molecule has 0 aliphatic carbocycles. The second-order valence-corrected chi connectivity index (χ2v) is 6.70. The van der Waals surface area contributed by atoms with Gasteiger partial charge in [-0.15, -0.1) is 0 Å². The molecular formula is C20H17NOS. The summed E-state index contributed by atoms with van der Waals surface area (Å²) in [5.74, 6) is 1.03. The van der Waals surface area contributed by atoms with Crippen LogP contribution in [0.4, 0.5) is 5.69 Å². The number of benzene rings is 2. The van der Waals surface area contributed by atoms with Crippen LogP contribution < -0.4 is 0 Å². The highest BCUT2D eigenvalue weighted by molar-refractivity contribution is 8.13. The van der Waals surface area contributed by atoms with Gasteiger partial charge in [-0.05, 0) is 47.5 Å². The van der Waals surface area contributed by atoms with Gasteiger partial charge in [0.2, 0.25) is 0 Å². The Balaban J connectivity index is 1.38. The Morgan fingerprint density at radius 2 is 1.70 bits per heavy atom. The summed E-state index contributed by atoms with van der Waals surface area (Å²) in [5.41, 5.74) is 3.73. The highest BCUT2D eigenvalue weighted by atomic mass is 32.2. The summed E-state index contributed by atoms with van der Waals surface area (Å²) in [6.45, 7) is 0. The van der Waals surface area contributed by atoms with E-state index in [1.807, 2.05) is 12.1 Å². The molecule has 23 heavy (non-hydrogen) atoms. The van der Waals surface area contributed by atoms with E-state index >= 15 is 0 Å². The number of aliphatic imine (C=N–C) groups is 1. The van der Waals surface area contributed by atoms with Gasteiger partial charge in [0.05, 0.1) is 10.7 Å². The molecule has 0 atom stereocenters. The van der Waals surface area contributed by atoms with Crippen LogP contribution in [0.3, 0.4) is 0 Å². The second-order valence-electron chi connectivity index (χ2n) is 5.62. The minimum absolute atomic E-state index is 0.904. The summed E-state index contributed by atoms with van der Waals surface area (Å²) < 4.78 is 5.95. The first-order chi connectivity index (χ1) is 11.4. The molecule has 0 N–H and O–H groups in total. The third-order valence-corrected chi connectivity index (χ3v) is 4.83. The van der Waals surface area contributed by atoms with Gasteiger partial charge in [-0.1, -0.05) is 48.5 Å². The van der Waals surface area contributed by atoms with Crippen molar-refractivity contribution >= 4 is 22.5 Å². The molecule has 2 nitrogen and oxygen atoms in total. The lowest BCUT2D eigenvalue weighted by molar-refractivity contribution is 0.432. The minimum atomic E-state index is 0.904. The molecule has 0 fully saturated rings. The van der Waals surface area contributed by atoms with E-state index in [1.54, 1.807) is 11.8 Å². The lowest BCUT2D eigenvalue weighted by Crippen LogP contribution is -1.90. The molecule has 114 valence electrons. The lowest BCUT2D eigenvalue weighted by Gasteiger charge is -1.99. The fourth-order valence-corrected chi connectivity index (χ4v) is 3.63. The fourth-order valence-electron chi connectivity index (χ4n) is 2.74. The van der Waals surface area contributed by atoms with Gasteiger partial charge in [-0.2, -0.15) is 0 Å². The van der Waals surface area contributed by atoms with Gasteiger partial charge in [-0.25, -0.2) is 4.99 Å². The molecular weight excluding hydrogens is 302 g/mol. The third-order valence-electron chi connectivity index (χ3n) is 3.94. The van der Waals surface area contributed by atoms with E-state index in [0.29, 0.717) is 0 Å². The number of rotatable bonds is 4. The summed E-state index contributed by atoms with van der Waals surface area (Å²) in [6.07, 6.45) is 2.84. The quantitative estimate of drug-likeness (QED) is 0.639. The minimum Gasteiger partial charge on any atom is -0.454 e. The number of nitrogens with zero attached hydrogens (tertiary/aromatic N) is 1. The molecule has 2 aromatic carbocycles. The molecule has 0 unspecified atom stereocenters. The Kier molecular flexibility index (Phi) is 4.03. The molecule has 0 amide bonds. The molecule has 4 rings (SSSR count). The highest BCUT2D eigenvalue weighted by Gasteiger charge is 2.16. The maximum atomic E-state index is 5.95. The first-order valence-corrected chi connectivity index (χ1v) is 8.64. The van der Waals surface area contributed by atoms with E-state index in [1.165, 1.54) is 11.1 Å². The molecule has 0 bridgehead atoms. The van der Waals surface area contributed by atoms with E-state index in [2.05, 4.69) is 59.6 Å². The Morgan fingerprint density at radius 3 is 2.57 bits per heavy atom. The van der Waals surface area contributed by atoms with Crippen LogP contribution in [-0.4, -0.2) is 5.04 Å². The topological polar surface area (TPSA) is 25.5 Å². The van der Waals surface area contributed by atoms with Gasteiger partial charge in [0.15, 0.2) is 5.09 Å². The van der Waals surface area contributed by atoms with Crippen molar-refractivity contribution in [2.45, 2.75) is 24.4 Å². The number of para-hydroxylation sites is 1. The van der Waals surface area contributed by atoms with Crippen LogP contribution in [0.25, 0.3) is 0 Å². The first kappa shape index (κ1) is 14.3. The zero-order valence-corrected chi connectivity index (χ0v) is 13.6. The number of furan rings is 1. The molecule has 1 aliphatic rings. The largest absolute Gasteiger partial charge is 0.454 e. The Hall–Kier alpha value is -2.26. The predicted octanol–water partition coefficient (Wildman–Crippen LogP) is 5.44. The van der Waals surface area contributed by atoms with Crippen LogP contribution in [0.5, 0.6) is 0 Å². The van der Waals surface area contributed by atoms with Gasteiger partial charge in [-0.3, -0.25) is 0 Å². The van der Waals surface area contributed by atoms with Crippen LogP contribution in [0.2, 0.25) is 0 Å². The number of hydrogen-bond acceptors (Lipinski definition) is 3. The molecule has 0 radical (unpaired) electrons. The maximum Gasteiger partial charge on any atom is 0.166 e. The summed E-state index contributed by atoms with van der Waals surface area (Å²) in [7, 11) is 0. The smallest absolute Gasteiger partial charge is 0.166 e. The molecule has 2 heterocycles. The van der Waals surface area contributed by atoms with E-state index in [9.17, 15) is 0 Å². The van der Waals surface area contributed by atoms with Crippen LogP contribution >= 0.6 is 11.8 Å². The monoisotopic (exact) mass is 319 g/mol. The Labute approximate surface area is 140 Å². The maximum absolute atomic E-state index is 5.95. The van der Waals surface area contributed by atoms with Crippen molar-refractivity contribution in [3.05, 3.63) is 83.6 Å². The average Bonchev–Trinajstić information content (AvgIpc) is 3.20. The van der Waals surface area contributed by atoms with Crippen molar-refractivity contribution in [2.75, 3.05) is 0 Å². The summed E-state index contributed by atoms with van der Waals surface area (Å²) in [4.78, 5) is 4.67. The summed E-state index contributed by atoms with van der Waals surface area (Å²) >= 11 is 1.63. The number of hydrogen-bond donors (Lipinski definition) is 0. The van der Waals surface area contributed by atoms with Gasteiger partial charge in [0, 0.05) is 12.8 Å². The Morgan fingerprint density at radius 1 is 0.870 bits per heavy atom. The average molecular weight is 319 g/mol. The van der Waals surface area contributed by atoms with Gasteiger partial charge < -0.3 is 4.42 Å². The van der Waals surface area contributed by atoms with Crippen molar-refractivity contribution in [3.63, 3.8) is 0 Å². The number of fused-ring (bicyclic) bond motifs is 1. The Bertz CT molecular complexity index is 836. The molecule has 0 spiro atoms. The van der Waals surface area contributed by atoms with Gasteiger partial charge in [0.25, 0.3) is 0 Å². The van der Waals surface area contributed by atoms with Gasteiger partial charge in [0.1, 0.15) is 5.76 Å². The van der Waals surface area contributed by atoms with E-state index in [0.717, 1.165) is 40.8 Å². The predicted molar refractivity (Wildman–Crippen MR) is 95.7 cm³/mol. The van der Waals surface area contributed by atoms with Crippen molar-refractivity contribution in [2.24, 2.45) is 4.99 Å². The number of aryl methyl sites for hydroxylation is 2. The van der Waals surface area contributed by atoms with Crippen molar-refractivity contribution in [1.82, 2.24) is 0 Å². The van der Waals surface area contributed by atoms with E-state index < -0.39 is 0 Å². The van der Waals surface area contributed by atoms with Crippen LogP contribution in [0.15, 0.2) is 81.2 Å². The number of thioether (sulfide) groups is 1. The van der Waals surface area contributed by atoms with Crippen molar-refractivity contribution in [1.29, 1.82) is 0 Å². The van der Waals surface area contributed by atoms with E-state index in [-0.39, 0.29) is 0 Å². The highest BCUT2D eigenvalue weighted by Crippen LogP contribution is 2.33. The first-order valence-electron chi connectivity index (χ1n) is 7.83. The standard InChI is InChI=1S/C20H17NOS/c1-2-6-15(7-3-1)10-11-17-12-13-20(22-17)23-19-14-16-8-4-5-9-18(16)21-19/h1-9,12-13H,10-11,14H2. The lowest BCUT2D eigenvalue weighted by atomic mass is 10.1. The third kappa shape index (κ3) is 3.40. The fraction of sp³-hybridized carbons (Fsp3) is 0.150. The second kappa shape index (κ2) is 6.47. The molecule has 3 heteroatoms. The van der Waals surface area contributed by atoms with Crippen LogP contribution in [0, 0.1) is 0 Å². The molecule has 1 aromatic heterocycles. The van der Waals surface area contributed by atoms with Crippen molar-refractivity contribution in [3.8, 4) is 0 Å². The zero-order chi connectivity index (χ0) is 15.5. The SMILES string of the molecule is c1ccc(CCc2ccc(SC3=Nc4ccccc4C3)o2)cc1. The molecule has 0 saturated heterocycles. The molecule has 3 aromatic rings.